The summed E-state index contributed by atoms with van der Waals surface area (Å²) in [6.45, 7) is 3.45. The van der Waals surface area contributed by atoms with Crippen LogP contribution >= 0.6 is 11.8 Å². The Balaban J connectivity index is 0.00000243. The fourth-order valence-corrected chi connectivity index (χ4v) is 4.82. The zero-order valence-corrected chi connectivity index (χ0v) is 17.4. The first kappa shape index (κ1) is 21.0. The summed E-state index contributed by atoms with van der Waals surface area (Å²) in [5.74, 6) is -2.25. The van der Waals surface area contributed by atoms with Gasteiger partial charge in [0.25, 0.3) is 0 Å². The van der Waals surface area contributed by atoms with Gasteiger partial charge >= 0.3 is 29.6 Å². The first-order chi connectivity index (χ1) is 11.6. The van der Waals surface area contributed by atoms with Crippen LogP contribution in [-0.2, 0) is 14.4 Å². The number of amides is 2. The van der Waals surface area contributed by atoms with Crippen molar-refractivity contribution in [3.8, 4) is 5.75 Å². The number of carbonyl (C=O) groups is 3. The van der Waals surface area contributed by atoms with Crippen LogP contribution in [-0.4, -0.2) is 50.0 Å². The van der Waals surface area contributed by atoms with Crippen LogP contribution in [0.25, 0.3) is 0 Å². The maximum atomic E-state index is 12.3. The monoisotopic (exact) mass is 387 g/mol. The normalized spacial score (nSPS) is 27.0. The average Bonchev–Trinajstić information content (AvgIpc) is 2.80. The van der Waals surface area contributed by atoms with E-state index in [1.807, 2.05) is 0 Å². The minimum absolute atomic E-state index is 0. The van der Waals surface area contributed by atoms with Gasteiger partial charge in [0.15, 0.2) is 0 Å². The summed E-state index contributed by atoms with van der Waals surface area (Å²) in [5, 5.41) is 22.8. The number of benzene rings is 1. The number of hydrogen-bond donors (Lipinski definition) is 3. The molecule has 4 N–H and O–H groups in total. The number of hydrogen-bond acceptors (Lipinski definition) is 7. The minimum atomic E-state index is -1.31. The summed E-state index contributed by atoms with van der Waals surface area (Å²) < 4.78 is -0.711. The Morgan fingerprint density at radius 3 is 2.46 bits per heavy atom. The van der Waals surface area contributed by atoms with Crippen LogP contribution in [0.3, 0.4) is 0 Å². The van der Waals surface area contributed by atoms with Crippen LogP contribution in [0.5, 0.6) is 5.75 Å². The van der Waals surface area contributed by atoms with E-state index in [-0.39, 0.29) is 35.3 Å². The number of thioether (sulfide) groups is 1. The van der Waals surface area contributed by atoms with E-state index in [2.05, 4.69) is 5.32 Å². The topological polar surface area (TPSA) is 136 Å². The van der Waals surface area contributed by atoms with Gasteiger partial charge in [0.1, 0.15) is 23.2 Å². The van der Waals surface area contributed by atoms with E-state index < -0.39 is 46.0 Å². The molecule has 0 spiro atoms. The predicted molar refractivity (Wildman–Crippen MR) is 88.1 cm³/mol. The maximum Gasteiger partial charge on any atom is 1.00 e. The second kappa shape index (κ2) is 7.40. The molecule has 134 valence electrons. The van der Waals surface area contributed by atoms with E-state index in [4.69, 9.17) is 5.73 Å². The van der Waals surface area contributed by atoms with Gasteiger partial charge in [-0.05, 0) is 31.5 Å². The van der Waals surface area contributed by atoms with Gasteiger partial charge in [0.05, 0.1) is 12.0 Å². The molecule has 0 aromatic heterocycles. The smallest absolute Gasteiger partial charge is 0.548 e. The van der Waals surface area contributed by atoms with Crippen molar-refractivity contribution in [2.75, 3.05) is 0 Å². The van der Waals surface area contributed by atoms with Crippen molar-refractivity contribution in [1.82, 2.24) is 10.2 Å². The first-order valence-corrected chi connectivity index (χ1v) is 8.57. The number of β-lactam (4-membered cyclic amide) rings is 1. The van der Waals surface area contributed by atoms with E-state index in [1.165, 1.54) is 40.9 Å². The van der Waals surface area contributed by atoms with Gasteiger partial charge < -0.3 is 31.0 Å². The largest absolute Gasteiger partial charge is 1.00 e. The van der Waals surface area contributed by atoms with Crippen LogP contribution in [0, 0.1) is 0 Å². The van der Waals surface area contributed by atoms with Crippen molar-refractivity contribution in [3.05, 3.63) is 29.8 Å². The minimum Gasteiger partial charge on any atom is -0.548 e. The molecule has 0 bridgehead atoms. The number of nitrogens with two attached hydrogens (primary N) is 1. The molecule has 0 unspecified atom stereocenters. The SMILES string of the molecule is CC1(C)S[C@H]2[C@H](NC(=O)[C@H](N)c3ccc(O)cc3)C(=O)N2[C@@H]1C(=O)[O-].[Na+]. The van der Waals surface area contributed by atoms with Crippen LogP contribution in [0.15, 0.2) is 24.3 Å². The van der Waals surface area contributed by atoms with Gasteiger partial charge in [0.2, 0.25) is 11.8 Å². The molecule has 0 saturated carbocycles. The number of carbonyl (C=O) groups excluding carboxylic acids is 3. The van der Waals surface area contributed by atoms with Gasteiger partial charge in [-0.15, -0.1) is 11.8 Å². The molecule has 2 aliphatic heterocycles. The molecule has 0 aliphatic carbocycles. The molecule has 2 aliphatic rings. The van der Waals surface area contributed by atoms with Gasteiger partial charge in [-0.2, -0.15) is 0 Å². The van der Waals surface area contributed by atoms with Crippen molar-refractivity contribution >= 4 is 29.5 Å². The maximum absolute atomic E-state index is 12.3. The number of nitrogens with one attached hydrogen (secondary N) is 1. The molecule has 2 saturated heterocycles. The second-order valence-electron chi connectivity index (χ2n) is 6.63. The Bertz CT molecular complexity index is 742. The molecule has 8 nitrogen and oxygen atoms in total. The molecule has 26 heavy (non-hydrogen) atoms. The van der Waals surface area contributed by atoms with Crippen LogP contribution < -0.4 is 45.7 Å². The predicted octanol–water partition coefficient (Wildman–Crippen LogP) is -4.31. The molecule has 1 aromatic rings. The van der Waals surface area contributed by atoms with E-state index in [0.717, 1.165) is 0 Å². The standard InChI is InChI=1S/C16H19N3O5S.Na/c1-16(2)11(15(23)24)19-13(22)10(14(19)25-16)18-12(21)9(17)7-3-5-8(20)6-4-7;/h3-6,9-11,14,20H,17H2,1-2H3,(H,18,21)(H,23,24);/q;+1/p-1/t9-,10-,11-,14+;/m1./s1. The van der Waals surface area contributed by atoms with Crippen molar-refractivity contribution in [2.45, 2.75) is 42.1 Å². The third-order valence-electron chi connectivity index (χ3n) is 4.50. The molecule has 1 aromatic carbocycles. The Kier molecular flexibility index (Phi) is 5.99. The number of phenolic OH excluding ortho intramolecular Hbond substituents is 1. The number of carboxylic acids is 1. The zero-order chi connectivity index (χ0) is 18.5. The summed E-state index contributed by atoms with van der Waals surface area (Å²) in [4.78, 5) is 37.3. The van der Waals surface area contributed by atoms with Gasteiger partial charge in [-0.1, -0.05) is 12.1 Å². The summed E-state index contributed by atoms with van der Waals surface area (Å²) in [6, 6.07) is 3.02. The fraction of sp³-hybridized carbons (Fsp3) is 0.438. The van der Waals surface area contributed by atoms with Crippen molar-refractivity contribution in [1.29, 1.82) is 0 Å². The number of nitrogens with zero attached hydrogens (tertiary/aromatic N) is 1. The number of rotatable bonds is 4. The van der Waals surface area contributed by atoms with Crippen molar-refractivity contribution in [2.24, 2.45) is 5.73 Å². The van der Waals surface area contributed by atoms with Crippen molar-refractivity contribution < 1.29 is 54.2 Å². The van der Waals surface area contributed by atoms with E-state index >= 15 is 0 Å². The Morgan fingerprint density at radius 2 is 1.92 bits per heavy atom. The summed E-state index contributed by atoms with van der Waals surface area (Å²) >= 11 is 1.31. The number of phenols is 1. The number of aromatic hydroxyl groups is 1. The van der Waals surface area contributed by atoms with E-state index in [9.17, 15) is 24.6 Å². The molecule has 4 atom stereocenters. The first-order valence-electron chi connectivity index (χ1n) is 7.69. The van der Waals surface area contributed by atoms with Gasteiger partial charge in [-0.3, -0.25) is 9.59 Å². The van der Waals surface area contributed by atoms with Crippen molar-refractivity contribution in [3.63, 3.8) is 0 Å². The van der Waals surface area contributed by atoms with E-state index in [0.29, 0.717) is 5.56 Å². The van der Waals surface area contributed by atoms with Gasteiger partial charge in [0, 0.05) is 4.75 Å². The van der Waals surface area contributed by atoms with Crippen LogP contribution in [0.2, 0.25) is 0 Å². The molecule has 2 heterocycles. The third kappa shape index (κ3) is 3.46. The average molecular weight is 387 g/mol. The fourth-order valence-electron chi connectivity index (χ4n) is 3.20. The number of aliphatic carboxylic acids is 1. The quantitative estimate of drug-likeness (QED) is 0.351. The molecular formula is C16H18N3NaO5S. The zero-order valence-electron chi connectivity index (χ0n) is 14.6. The number of carboxylic acid groups (broad SMARTS) is 1. The number of fused-ring (bicyclic) bond motifs is 1. The molecular weight excluding hydrogens is 369 g/mol. The Labute approximate surface area is 176 Å². The van der Waals surface area contributed by atoms with E-state index in [1.54, 1.807) is 13.8 Å². The molecule has 2 fully saturated rings. The summed E-state index contributed by atoms with van der Waals surface area (Å²) in [6.07, 6.45) is 0. The second-order valence-corrected chi connectivity index (χ2v) is 8.41. The molecule has 10 heteroatoms. The van der Waals surface area contributed by atoms with Crippen LogP contribution in [0.4, 0.5) is 0 Å². The molecule has 0 radical (unpaired) electrons. The summed E-state index contributed by atoms with van der Waals surface area (Å²) in [5.41, 5.74) is 6.39. The molecule has 2 amide bonds. The molecule has 3 rings (SSSR count). The third-order valence-corrected chi connectivity index (χ3v) is 6.07. The summed E-state index contributed by atoms with van der Waals surface area (Å²) in [7, 11) is 0. The Hall–Kier alpha value is -1.26. The van der Waals surface area contributed by atoms with Crippen LogP contribution in [0.1, 0.15) is 25.5 Å². The Morgan fingerprint density at radius 1 is 1.35 bits per heavy atom. The van der Waals surface area contributed by atoms with Gasteiger partial charge in [-0.25, -0.2) is 0 Å².